The minimum Gasteiger partial charge on any atom is -0.353 e. The fourth-order valence-corrected chi connectivity index (χ4v) is 3.70. The first-order valence-corrected chi connectivity index (χ1v) is 9.05. The molecule has 1 fully saturated rings. The molecule has 2 heterocycles. The maximum Gasteiger partial charge on any atom is 0.242 e. The molecule has 2 N–H and O–H groups in total. The third-order valence-corrected chi connectivity index (χ3v) is 5.21. The van der Waals surface area contributed by atoms with Gasteiger partial charge in [-0.2, -0.15) is 0 Å². The highest BCUT2D eigenvalue weighted by atomic mass is 16.2. The van der Waals surface area contributed by atoms with E-state index in [9.17, 15) is 9.59 Å². The number of hydrogen-bond donors (Lipinski definition) is 2. The fourth-order valence-electron chi connectivity index (χ4n) is 3.70. The Morgan fingerprint density at radius 2 is 2.12 bits per heavy atom. The Hall–Kier alpha value is -1.88. The van der Waals surface area contributed by atoms with Crippen molar-refractivity contribution in [1.82, 2.24) is 15.5 Å². The number of rotatable bonds is 5. The van der Waals surface area contributed by atoms with Crippen molar-refractivity contribution in [2.75, 3.05) is 13.1 Å². The minimum absolute atomic E-state index is 0.0129. The van der Waals surface area contributed by atoms with Crippen LogP contribution in [0.1, 0.15) is 43.7 Å². The highest BCUT2D eigenvalue weighted by Gasteiger charge is 2.26. The van der Waals surface area contributed by atoms with E-state index < -0.39 is 0 Å². The Labute approximate surface area is 143 Å². The molecule has 0 saturated carbocycles. The summed E-state index contributed by atoms with van der Waals surface area (Å²) in [5.41, 5.74) is 2.84. The maximum atomic E-state index is 12.3. The molecule has 2 amide bonds. The molecule has 2 aliphatic rings. The molecule has 1 unspecified atom stereocenters. The molecule has 1 aromatic carbocycles. The Bertz CT molecular complexity index is 602. The number of nitrogens with zero attached hydrogens (tertiary/aromatic N) is 1. The Kier molecular flexibility index (Phi) is 5.51. The summed E-state index contributed by atoms with van der Waals surface area (Å²) in [5, 5.41) is 5.84. The molecule has 0 aromatic heterocycles. The van der Waals surface area contributed by atoms with Crippen LogP contribution in [0.4, 0.5) is 0 Å². The number of hydrogen-bond acceptors (Lipinski definition) is 3. The Morgan fingerprint density at radius 1 is 1.33 bits per heavy atom. The van der Waals surface area contributed by atoms with Crippen LogP contribution in [0.25, 0.3) is 0 Å². The summed E-state index contributed by atoms with van der Waals surface area (Å²) in [5.74, 6) is -0.0556. The van der Waals surface area contributed by atoms with E-state index >= 15 is 0 Å². The number of carbonyl (C=O) groups excluding carboxylic acids is 2. The van der Waals surface area contributed by atoms with Crippen LogP contribution < -0.4 is 10.6 Å². The van der Waals surface area contributed by atoms with Crippen LogP contribution in [0.5, 0.6) is 0 Å². The average molecular weight is 329 g/mol. The van der Waals surface area contributed by atoms with Crippen LogP contribution in [0.3, 0.4) is 0 Å². The molecule has 0 aliphatic carbocycles. The third kappa shape index (κ3) is 3.96. The van der Waals surface area contributed by atoms with Gasteiger partial charge in [-0.15, -0.1) is 0 Å². The van der Waals surface area contributed by atoms with E-state index in [1.165, 1.54) is 11.1 Å². The molecule has 1 aromatic rings. The summed E-state index contributed by atoms with van der Waals surface area (Å²) in [6.45, 7) is 4.79. The van der Waals surface area contributed by atoms with E-state index in [1.807, 2.05) is 0 Å². The molecule has 3 rings (SSSR count). The summed E-state index contributed by atoms with van der Waals surface area (Å²) in [7, 11) is 0. The summed E-state index contributed by atoms with van der Waals surface area (Å²) < 4.78 is 0. The Balaban J connectivity index is 1.53. The van der Waals surface area contributed by atoms with Crippen molar-refractivity contribution in [3.8, 4) is 0 Å². The van der Waals surface area contributed by atoms with Crippen LogP contribution in [-0.2, 0) is 22.6 Å². The zero-order chi connectivity index (χ0) is 16.9. The lowest BCUT2D eigenvalue weighted by atomic mass is 9.98. The SMILES string of the molecule is CCC(CNC(=O)[C@H]1CCCC(=O)N1)N1CCc2ccccc2C1. The number of nitrogens with one attached hydrogen (secondary N) is 2. The van der Waals surface area contributed by atoms with E-state index in [1.54, 1.807) is 0 Å². The van der Waals surface area contributed by atoms with Crippen molar-refractivity contribution in [3.05, 3.63) is 35.4 Å². The largest absolute Gasteiger partial charge is 0.353 e. The molecule has 24 heavy (non-hydrogen) atoms. The number of piperidine rings is 1. The van der Waals surface area contributed by atoms with E-state index in [0.29, 0.717) is 19.0 Å². The van der Waals surface area contributed by atoms with Crippen molar-refractivity contribution in [1.29, 1.82) is 0 Å². The standard InChI is InChI=1S/C19H27N3O2/c1-2-16(12-20-19(24)17-8-5-9-18(23)21-17)22-11-10-14-6-3-4-7-15(14)13-22/h3-4,6-7,16-17H,2,5,8-13H2,1H3,(H,20,24)(H,21,23)/t16?,17-/m1/s1. The van der Waals surface area contributed by atoms with E-state index in [2.05, 4.69) is 46.7 Å². The van der Waals surface area contributed by atoms with Gasteiger partial charge in [0.1, 0.15) is 6.04 Å². The van der Waals surface area contributed by atoms with Gasteiger partial charge in [-0.25, -0.2) is 0 Å². The van der Waals surface area contributed by atoms with Crippen LogP contribution in [0.2, 0.25) is 0 Å². The van der Waals surface area contributed by atoms with Crippen LogP contribution in [-0.4, -0.2) is 41.9 Å². The first-order valence-electron chi connectivity index (χ1n) is 9.05. The summed E-state index contributed by atoms with van der Waals surface area (Å²) >= 11 is 0. The monoisotopic (exact) mass is 329 g/mol. The normalized spacial score (nSPS) is 22.4. The van der Waals surface area contributed by atoms with Gasteiger partial charge in [-0.1, -0.05) is 31.2 Å². The molecule has 2 atom stereocenters. The first-order chi connectivity index (χ1) is 11.7. The summed E-state index contributed by atoms with van der Waals surface area (Å²) in [4.78, 5) is 26.2. The highest BCUT2D eigenvalue weighted by Crippen LogP contribution is 2.21. The molecule has 0 bridgehead atoms. The molecule has 5 nitrogen and oxygen atoms in total. The van der Waals surface area contributed by atoms with Gasteiger partial charge in [-0.3, -0.25) is 14.5 Å². The topological polar surface area (TPSA) is 61.4 Å². The molecule has 5 heteroatoms. The van der Waals surface area contributed by atoms with Crippen molar-refractivity contribution >= 4 is 11.8 Å². The van der Waals surface area contributed by atoms with E-state index in [0.717, 1.165) is 38.8 Å². The molecule has 2 aliphatic heterocycles. The third-order valence-electron chi connectivity index (χ3n) is 5.21. The molecular weight excluding hydrogens is 302 g/mol. The Morgan fingerprint density at radius 3 is 2.88 bits per heavy atom. The zero-order valence-electron chi connectivity index (χ0n) is 14.4. The molecular formula is C19H27N3O2. The first kappa shape index (κ1) is 17.0. The fraction of sp³-hybridized carbons (Fsp3) is 0.579. The predicted octanol–water partition coefficient (Wildman–Crippen LogP) is 1.61. The van der Waals surface area contributed by atoms with Crippen molar-refractivity contribution < 1.29 is 9.59 Å². The smallest absolute Gasteiger partial charge is 0.242 e. The van der Waals surface area contributed by atoms with Gasteiger partial charge in [0, 0.05) is 32.1 Å². The van der Waals surface area contributed by atoms with Gasteiger partial charge in [-0.05, 0) is 36.8 Å². The van der Waals surface area contributed by atoms with Crippen LogP contribution in [0, 0.1) is 0 Å². The lowest BCUT2D eigenvalue weighted by molar-refractivity contribution is -0.131. The second-order valence-electron chi connectivity index (χ2n) is 6.81. The maximum absolute atomic E-state index is 12.3. The van der Waals surface area contributed by atoms with E-state index in [-0.39, 0.29) is 17.9 Å². The minimum atomic E-state index is -0.356. The lowest BCUT2D eigenvalue weighted by Crippen LogP contribution is -2.52. The van der Waals surface area contributed by atoms with E-state index in [4.69, 9.17) is 0 Å². The highest BCUT2D eigenvalue weighted by molar-refractivity contribution is 5.88. The van der Waals surface area contributed by atoms with Crippen LogP contribution >= 0.6 is 0 Å². The molecule has 1 saturated heterocycles. The van der Waals surface area contributed by atoms with Gasteiger partial charge in [0.2, 0.25) is 11.8 Å². The van der Waals surface area contributed by atoms with Crippen molar-refractivity contribution in [3.63, 3.8) is 0 Å². The number of fused-ring (bicyclic) bond motifs is 1. The molecule has 0 radical (unpaired) electrons. The van der Waals surface area contributed by atoms with Gasteiger partial charge in [0.05, 0.1) is 0 Å². The van der Waals surface area contributed by atoms with Gasteiger partial charge < -0.3 is 10.6 Å². The van der Waals surface area contributed by atoms with Gasteiger partial charge >= 0.3 is 0 Å². The summed E-state index contributed by atoms with van der Waals surface area (Å²) in [6, 6.07) is 8.58. The quantitative estimate of drug-likeness (QED) is 0.863. The lowest BCUT2D eigenvalue weighted by Gasteiger charge is -2.35. The predicted molar refractivity (Wildman–Crippen MR) is 93.4 cm³/mol. The molecule has 0 spiro atoms. The number of amides is 2. The van der Waals surface area contributed by atoms with Crippen LogP contribution in [0.15, 0.2) is 24.3 Å². The van der Waals surface area contributed by atoms with Crippen molar-refractivity contribution in [2.45, 2.75) is 57.7 Å². The summed E-state index contributed by atoms with van der Waals surface area (Å²) in [6.07, 6.45) is 4.14. The zero-order valence-corrected chi connectivity index (χ0v) is 14.4. The van der Waals surface area contributed by atoms with Gasteiger partial charge in [0.15, 0.2) is 0 Å². The molecule has 130 valence electrons. The number of benzene rings is 1. The number of carbonyl (C=O) groups is 2. The second-order valence-corrected chi connectivity index (χ2v) is 6.81. The average Bonchev–Trinajstić information content (AvgIpc) is 2.62. The second kappa shape index (κ2) is 7.79. The van der Waals surface area contributed by atoms with Gasteiger partial charge in [0.25, 0.3) is 0 Å². The van der Waals surface area contributed by atoms with Crippen molar-refractivity contribution in [2.24, 2.45) is 0 Å².